The van der Waals surface area contributed by atoms with E-state index in [-0.39, 0.29) is 0 Å². The van der Waals surface area contributed by atoms with Crippen LogP contribution < -0.4 is 5.73 Å². The monoisotopic (exact) mass is 189 g/mol. The third-order valence-corrected chi connectivity index (χ3v) is 3.65. The van der Waals surface area contributed by atoms with Crippen LogP contribution in [0.2, 0.25) is 0 Å². The number of rotatable bonds is 0. The van der Waals surface area contributed by atoms with E-state index >= 15 is 0 Å². The number of hydrogen-bond donors (Lipinski definition) is 2. The summed E-state index contributed by atoms with van der Waals surface area (Å²) in [5, 5.41) is 6.64. The van der Waals surface area contributed by atoms with Crippen LogP contribution in [0.3, 0.4) is 0 Å². The lowest BCUT2D eigenvalue weighted by molar-refractivity contribution is 1.13. The Morgan fingerprint density at radius 3 is 3.00 bits per heavy atom. The standard InChI is InChI=1S/C4H3N3S3/c5-2-1-3(7-6-2)10-4(8)9-1/h(H3,5,6,7). The van der Waals surface area contributed by atoms with Gasteiger partial charge in [0.2, 0.25) is 0 Å². The third-order valence-electron chi connectivity index (χ3n) is 1.08. The van der Waals surface area contributed by atoms with Crippen molar-refractivity contribution in [2.75, 3.05) is 5.73 Å². The minimum absolute atomic E-state index is 0.618. The summed E-state index contributed by atoms with van der Waals surface area (Å²) in [7, 11) is 0. The second-order valence-corrected chi connectivity index (χ2v) is 4.93. The van der Waals surface area contributed by atoms with Gasteiger partial charge in [-0.15, -0.1) is 11.3 Å². The fourth-order valence-electron chi connectivity index (χ4n) is 0.679. The Bertz CT molecular complexity index is 408. The highest BCUT2D eigenvalue weighted by Crippen LogP contribution is 2.29. The predicted octanol–water partition coefficient (Wildman–Crippen LogP) is 2.00. The molecule has 2 heterocycles. The Morgan fingerprint density at radius 1 is 1.50 bits per heavy atom. The molecular formula is C4H3N3S3. The number of nitrogens with two attached hydrogens (primary N) is 1. The highest BCUT2D eigenvalue weighted by molar-refractivity contribution is 7.77. The van der Waals surface area contributed by atoms with Gasteiger partial charge in [0.25, 0.3) is 0 Å². The number of nitrogens with one attached hydrogen (secondary N) is 1. The molecule has 10 heavy (non-hydrogen) atoms. The quantitative estimate of drug-likeness (QED) is 0.623. The third kappa shape index (κ3) is 0.764. The Balaban J connectivity index is 3.03. The van der Waals surface area contributed by atoms with E-state index in [1.165, 1.54) is 22.7 Å². The van der Waals surface area contributed by atoms with Crippen LogP contribution in [0.4, 0.5) is 5.82 Å². The van der Waals surface area contributed by atoms with Crippen molar-refractivity contribution in [3.05, 3.63) is 3.14 Å². The Morgan fingerprint density at radius 2 is 2.30 bits per heavy atom. The van der Waals surface area contributed by atoms with E-state index in [2.05, 4.69) is 10.2 Å². The summed E-state index contributed by atoms with van der Waals surface area (Å²) in [4.78, 5) is 0.910. The topological polar surface area (TPSA) is 54.7 Å². The molecule has 2 aromatic rings. The summed E-state index contributed by atoms with van der Waals surface area (Å²) in [5.41, 5.74) is 5.54. The Hall–Kier alpha value is -0.460. The van der Waals surface area contributed by atoms with Gasteiger partial charge < -0.3 is 5.73 Å². The first-order valence-corrected chi connectivity index (χ1v) is 4.55. The molecule has 52 valence electrons. The lowest BCUT2D eigenvalue weighted by Gasteiger charge is -1.75. The minimum atomic E-state index is 0.618. The molecule has 6 heteroatoms. The average molecular weight is 189 g/mol. The molecule has 0 bridgehead atoms. The van der Waals surface area contributed by atoms with Gasteiger partial charge in [0.15, 0.2) is 4.83 Å². The van der Waals surface area contributed by atoms with E-state index in [0.717, 1.165) is 12.7 Å². The van der Waals surface area contributed by atoms with Crippen LogP contribution in [-0.2, 0) is 0 Å². The molecule has 2 rings (SSSR count). The van der Waals surface area contributed by atoms with Crippen molar-refractivity contribution in [1.29, 1.82) is 0 Å². The normalized spacial score (nSPS) is 10.8. The molecule has 3 N–H and O–H groups in total. The van der Waals surface area contributed by atoms with E-state index in [1.807, 2.05) is 0 Å². The Kier molecular flexibility index (Phi) is 1.26. The maximum Gasteiger partial charge on any atom is 0.159 e. The number of aromatic amines is 1. The summed E-state index contributed by atoms with van der Waals surface area (Å²) >= 11 is 7.94. The lowest BCUT2D eigenvalue weighted by Crippen LogP contribution is -1.82. The van der Waals surface area contributed by atoms with Crippen LogP contribution >= 0.6 is 34.9 Å². The van der Waals surface area contributed by atoms with Crippen molar-refractivity contribution < 1.29 is 0 Å². The summed E-state index contributed by atoms with van der Waals surface area (Å²) in [5.74, 6) is 0.618. The molecule has 0 spiro atoms. The van der Waals surface area contributed by atoms with Crippen LogP contribution in [0.15, 0.2) is 0 Å². The first kappa shape index (κ1) is 6.26. The average Bonchev–Trinajstić information content (AvgIpc) is 2.35. The molecule has 3 nitrogen and oxygen atoms in total. The zero-order valence-corrected chi connectivity index (χ0v) is 7.20. The number of hydrogen-bond acceptors (Lipinski definition) is 5. The van der Waals surface area contributed by atoms with E-state index in [4.69, 9.17) is 18.0 Å². The number of nitrogen functional groups attached to an aromatic ring is 1. The number of aromatic nitrogens is 2. The number of H-pyrrole nitrogens is 1. The molecule has 0 saturated carbocycles. The second-order valence-electron chi connectivity index (χ2n) is 1.73. The van der Waals surface area contributed by atoms with Crippen LogP contribution in [-0.4, -0.2) is 10.2 Å². The molecule has 0 saturated heterocycles. The molecule has 0 unspecified atom stereocenters. The van der Waals surface area contributed by atoms with E-state index in [1.54, 1.807) is 0 Å². The maximum atomic E-state index is 5.54. The summed E-state index contributed by atoms with van der Waals surface area (Å²) in [6.45, 7) is 0. The SMILES string of the molecule is Nc1[nH]nc2sc(=S)sc12. The van der Waals surface area contributed by atoms with Gasteiger partial charge in [-0.25, -0.2) is 0 Å². The number of anilines is 1. The van der Waals surface area contributed by atoms with Crippen LogP contribution in [0.25, 0.3) is 9.53 Å². The van der Waals surface area contributed by atoms with E-state index in [0.29, 0.717) is 5.82 Å². The summed E-state index contributed by atoms with van der Waals surface area (Å²) in [6, 6.07) is 0. The molecule has 0 aliphatic heterocycles. The van der Waals surface area contributed by atoms with Gasteiger partial charge in [-0.1, -0.05) is 23.6 Å². The fraction of sp³-hybridized carbons (Fsp3) is 0. The fourth-order valence-corrected chi connectivity index (χ4v) is 2.98. The van der Waals surface area contributed by atoms with E-state index in [9.17, 15) is 0 Å². The highest BCUT2D eigenvalue weighted by atomic mass is 32.2. The molecule has 0 atom stereocenters. The summed E-state index contributed by atoms with van der Waals surface area (Å²) < 4.78 is 1.85. The van der Waals surface area contributed by atoms with Crippen LogP contribution in [0.5, 0.6) is 0 Å². The zero-order valence-electron chi connectivity index (χ0n) is 4.75. The van der Waals surface area contributed by atoms with Crippen molar-refractivity contribution in [3.63, 3.8) is 0 Å². The first-order valence-electron chi connectivity index (χ1n) is 2.51. The van der Waals surface area contributed by atoms with Crippen LogP contribution in [0, 0.1) is 3.14 Å². The van der Waals surface area contributed by atoms with Crippen molar-refractivity contribution in [3.8, 4) is 0 Å². The van der Waals surface area contributed by atoms with Gasteiger partial charge in [-0.05, 0) is 0 Å². The van der Waals surface area contributed by atoms with Gasteiger partial charge in [0, 0.05) is 0 Å². The minimum Gasteiger partial charge on any atom is -0.383 e. The van der Waals surface area contributed by atoms with Gasteiger partial charge in [0.1, 0.15) is 13.7 Å². The number of fused-ring (bicyclic) bond motifs is 1. The molecule has 0 fully saturated rings. The van der Waals surface area contributed by atoms with Gasteiger partial charge in [-0.2, -0.15) is 5.10 Å². The molecule has 2 aromatic heterocycles. The maximum absolute atomic E-state index is 5.54. The summed E-state index contributed by atoms with van der Waals surface area (Å²) in [6.07, 6.45) is 0. The molecule has 0 aromatic carbocycles. The second kappa shape index (κ2) is 2.01. The number of nitrogens with zero attached hydrogens (tertiary/aromatic N) is 1. The Labute approximate surface area is 69.5 Å². The van der Waals surface area contributed by atoms with Gasteiger partial charge in [-0.3, -0.25) is 5.10 Å². The lowest BCUT2D eigenvalue weighted by atomic mass is 10.7. The van der Waals surface area contributed by atoms with Gasteiger partial charge >= 0.3 is 0 Å². The van der Waals surface area contributed by atoms with Crippen molar-refractivity contribution in [2.45, 2.75) is 0 Å². The van der Waals surface area contributed by atoms with Crippen molar-refractivity contribution in [1.82, 2.24) is 10.2 Å². The predicted molar refractivity (Wildman–Crippen MR) is 47.1 cm³/mol. The zero-order chi connectivity index (χ0) is 7.14. The van der Waals surface area contributed by atoms with E-state index < -0.39 is 0 Å². The largest absolute Gasteiger partial charge is 0.383 e. The molecule has 0 aliphatic rings. The molecule has 0 aliphatic carbocycles. The van der Waals surface area contributed by atoms with Crippen LogP contribution in [0.1, 0.15) is 0 Å². The first-order chi connectivity index (χ1) is 4.77. The van der Waals surface area contributed by atoms with Crippen molar-refractivity contribution >= 4 is 50.2 Å². The molecular weight excluding hydrogens is 186 g/mol. The highest BCUT2D eigenvalue weighted by Gasteiger charge is 2.03. The van der Waals surface area contributed by atoms with Gasteiger partial charge in [0.05, 0.1) is 0 Å². The molecule has 0 radical (unpaired) electrons. The smallest absolute Gasteiger partial charge is 0.159 e. The van der Waals surface area contributed by atoms with Crippen molar-refractivity contribution in [2.24, 2.45) is 0 Å². The molecule has 0 amide bonds.